The predicted octanol–water partition coefficient (Wildman–Crippen LogP) is 1.25. The lowest BCUT2D eigenvalue weighted by molar-refractivity contribution is 0.764. The fourth-order valence-electron chi connectivity index (χ4n) is 1.24. The Morgan fingerprint density at radius 3 is 2.89 bits per heavy atom. The second-order valence-electron chi connectivity index (χ2n) is 3.13. The van der Waals surface area contributed by atoms with E-state index < -0.39 is 0 Å². The molecule has 7 nitrogen and oxygen atoms in total. The molecule has 0 fully saturated rings. The number of nitrogens with zero attached hydrogens (tertiary/aromatic N) is 6. The van der Waals surface area contributed by atoms with Gasteiger partial charge in [0.1, 0.15) is 0 Å². The number of anilines is 1. The highest BCUT2D eigenvalue weighted by Gasteiger charge is 2.09. The minimum absolute atomic E-state index is 0.162. The van der Waals surface area contributed by atoms with Crippen LogP contribution in [0.4, 0.5) is 5.95 Å². The molecule has 0 aliphatic carbocycles. The zero-order valence-corrected chi connectivity index (χ0v) is 10.6. The molecule has 0 radical (unpaired) electrons. The summed E-state index contributed by atoms with van der Waals surface area (Å²) in [6.07, 6.45) is 5.12. The van der Waals surface area contributed by atoms with E-state index in [1.54, 1.807) is 24.7 Å². The van der Waals surface area contributed by atoms with Gasteiger partial charge in [0.05, 0.1) is 0 Å². The molecule has 0 spiro atoms. The SMILES string of the molecule is Nc1nc(Sc2nccs2)nc(-n2cccn2)n1. The molecular formula is C9H7N7S2. The summed E-state index contributed by atoms with van der Waals surface area (Å²) in [6.45, 7) is 0. The van der Waals surface area contributed by atoms with E-state index in [0.717, 1.165) is 4.34 Å². The summed E-state index contributed by atoms with van der Waals surface area (Å²) in [5.41, 5.74) is 5.66. The summed E-state index contributed by atoms with van der Waals surface area (Å²) >= 11 is 2.86. The normalized spacial score (nSPS) is 10.7. The molecular weight excluding hydrogens is 270 g/mol. The van der Waals surface area contributed by atoms with Crippen molar-refractivity contribution in [2.45, 2.75) is 9.50 Å². The Bertz CT molecular complexity index is 635. The number of hydrogen-bond acceptors (Lipinski definition) is 8. The monoisotopic (exact) mass is 277 g/mol. The highest BCUT2D eigenvalue weighted by molar-refractivity contribution is 8.00. The van der Waals surface area contributed by atoms with E-state index in [9.17, 15) is 0 Å². The minimum atomic E-state index is 0.162. The van der Waals surface area contributed by atoms with Crippen molar-refractivity contribution in [3.63, 3.8) is 0 Å². The van der Waals surface area contributed by atoms with Crippen LogP contribution in [0.15, 0.2) is 39.5 Å². The largest absolute Gasteiger partial charge is 0.368 e. The van der Waals surface area contributed by atoms with Gasteiger partial charge in [-0.2, -0.15) is 20.1 Å². The number of hydrogen-bond donors (Lipinski definition) is 1. The van der Waals surface area contributed by atoms with Crippen LogP contribution in [0.5, 0.6) is 0 Å². The van der Waals surface area contributed by atoms with E-state index >= 15 is 0 Å². The van der Waals surface area contributed by atoms with Crippen molar-refractivity contribution in [2.24, 2.45) is 0 Å². The van der Waals surface area contributed by atoms with Crippen LogP contribution in [-0.2, 0) is 0 Å². The highest BCUT2D eigenvalue weighted by Crippen LogP contribution is 2.26. The van der Waals surface area contributed by atoms with Crippen LogP contribution in [0.2, 0.25) is 0 Å². The van der Waals surface area contributed by atoms with Crippen LogP contribution >= 0.6 is 23.1 Å². The van der Waals surface area contributed by atoms with Crippen LogP contribution < -0.4 is 5.73 Å². The number of rotatable bonds is 3. The third kappa shape index (κ3) is 2.31. The lowest BCUT2D eigenvalue weighted by atomic mass is 10.7. The molecule has 3 heterocycles. The fraction of sp³-hybridized carbons (Fsp3) is 0. The lowest BCUT2D eigenvalue weighted by Crippen LogP contribution is -2.07. The maximum Gasteiger partial charge on any atom is 0.256 e. The first kappa shape index (κ1) is 11.1. The van der Waals surface area contributed by atoms with E-state index in [-0.39, 0.29) is 5.95 Å². The number of thiazole rings is 1. The summed E-state index contributed by atoms with van der Waals surface area (Å²) < 4.78 is 2.39. The van der Waals surface area contributed by atoms with Crippen LogP contribution in [0.25, 0.3) is 5.95 Å². The molecule has 0 aliphatic heterocycles. The summed E-state index contributed by atoms with van der Waals surface area (Å²) in [5, 5.41) is 6.44. The first-order valence-corrected chi connectivity index (χ1v) is 6.60. The fourth-order valence-corrected chi connectivity index (χ4v) is 2.71. The van der Waals surface area contributed by atoms with E-state index in [1.807, 2.05) is 5.38 Å². The van der Waals surface area contributed by atoms with Crippen molar-refractivity contribution >= 4 is 29.0 Å². The van der Waals surface area contributed by atoms with Gasteiger partial charge in [-0.15, -0.1) is 11.3 Å². The number of aromatic nitrogens is 6. The second kappa shape index (κ2) is 4.70. The maximum absolute atomic E-state index is 5.66. The van der Waals surface area contributed by atoms with E-state index in [1.165, 1.54) is 27.8 Å². The lowest BCUT2D eigenvalue weighted by Gasteiger charge is -2.02. The Labute approximate surface area is 110 Å². The third-order valence-corrected chi connectivity index (χ3v) is 3.67. The topological polar surface area (TPSA) is 95.4 Å². The second-order valence-corrected chi connectivity index (χ2v) is 5.24. The quantitative estimate of drug-likeness (QED) is 0.769. The Kier molecular flexibility index (Phi) is 2.90. The predicted molar refractivity (Wildman–Crippen MR) is 67.6 cm³/mol. The van der Waals surface area contributed by atoms with Crippen LogP contribution in [-0.4, -0.2) is 29.7 Å². The Morgan fingerprint density at radius 1 is 1.22 bits per heavy atom. The van der Waals surface area contributed by atoms with Gasteiger partial charge in [-0.3, -0.25) is 0 Å². The molecule has 3 rings (SSSR count). The maximum atomic E-state index is 5.66. The first-order chi connectivity index (χ1) is 8.81. The van der Waals surface area contributed by atoms with Crippen LogP contribution in [0, 0.1) is 0 Å². The molecule has 0 saturated carbocycles. The molecule has 0 atom stereocenters. The van der Waals surface area contributed by atoms with Gasteiger partial charge in [0.15, 0.2) is 4.34 Å². The van der Waals surface area contributed by atoms with Gasteiger partial charge < -0.3 is 5.73 Å². The van der Waals surface area contributed by atoms with Crippen molar-refractivity contribution in [2.75, 3.05) is 5.73 Å². The van der Waals surface area contributed by atoms with E-state index in [2.05, 4.69) is 25.0 Å². The zero-order valence-electron chi connectivity index (χ0n) is 8.96. The highest BCUT2D eigenvalue weighted by atomic mass is 32.2. The van der Waals surface area contributed by atoms with Gasteiger partial charge in [0, 0.05) is 24.0 Å². The van der Waals surface area contributed by atoms with Gasteiger partial charge in [-0.1, -0.05) is 0 Å². The average molecular weight is 277 g/mol. The van der Waals surface area contributed by atoms with Gasteiger partial charge in [-0.25, -0.2) is 9.67 Å². The van der Waals surface area contributed by atoms with Gasteiger partial charge in [0.25, 0.3) is 5.95 Å². The van der Waals surface area contributed by atoms with Crippen molar-refractivity contribution in [1.82, 2.24) is 29.7 Å². The summed E-state index contributed by atoms with van der Waals surface area (Å²) in [4.78, 5) is 16.5. The van der Waals surface area contributed by atoms with Crippen molar-refractivity contribution < 1.29 is 0 Å². The molecule has 3 aromatic heterocycles. The molecule has 2 N–H and O–H groups in total. The Morgan fingerprint density at radius 2 is 2.17 bits per heavy atom. The zero-order chi connectivity index (χ0) is 12.4. The summed E-state index contributed by atoms with van der Waals surface area (Å²) in [7, 11) is 0. The molecule has 0 saturated heterocycles. The molecule has 9 heteroatoms. The van der Waals surface area contributed by atoms with Crippen molar-refractivity contribution in [1.29, 1.82) is 0 Å². The molecule has 18 heavy (non-hydrogen) atoms. The van der Waals surface area contributed by atoms with Crippen molar-refractivity contribution in [3.8, 4) is 5.95 Å². The van der Waals surface area contributed by atoms with Crippen LogP contribution in [0.3, 0.4) is 0 Å². The van der Waals surface area contributed by atoms with Gasteiger partial charge >= 0.3 is 0 Å². The van der Waals surface area contributed by atoms with Gasteiger partial charge in [-0.05, 0) is 17.8 Å². The minimum Gasteiger partial charge on any atom is -0.368 e. The molecule has 0 aliphatic rings. The van der Waals surface area contributed by atoms with E-state index in [0.29, 0.717) is 11.1 Å². The Hall–Kier alpha value is -2.00. The number of nitrogens with two attached hydrogens (primary N) is 1. The standard InChI is InChI=1S/C9H7N7S2/c10-6-13-7(16-4-1-2-12-16)15-8(14-6)18-9-11-3-5-17-9/h1-5H,(H2,10,13,14,15). The van der Waals surface area contributed by atoms with Crippen LogP contribution in [0.1, 0.15) is 0 Å². The molecule has 3 aromatic rings. The molecule has 90 valence electrons. The first-order valence-electron chi connectivity index (χ1n) is 4.90. The molecule has 0 amide bonds. The van der Waals surface area contributed by atoms with Gasteiger partial charge in [0.2, 0.25) is 11.1 Å². The average Bonchev–Trinajstić information content (AvgIpc) is 3.00. The molecule has 0 bridgehead atoms. The summed E-state index contributed by atoms with van der Waals surface area (Å²) in [6, 6.07) is 1.79. The Balaban J connectivity index is 1.96. The van der Waals surface area contributed by atoms with E-state index in [4.69, 9.17) is 5.73 Å². The molecule has 0 aromatic carbocycles. The smallest absolute Gasteiger partial charge is 0.256 e. The number of nitrogen functional groups attached to an aromatic ring is 1. The third-order valence-electron chi connectivity index (χ3n) is 1.92. The van der Waals surface area contributed by atoms with Crippen molar-refractivity contribution in [3.05, 3.63) is 30.0 Å². The summed E-state index contributed by atoms with van der Waals surface area (Å²) in [5.74, 6) is 0.557. The molecule has 0 unspecified atom stereocenters.